The van der Waals surface area contributed by atoms with Crippen molar-refractivity contribution in [1.29, 1.82) is 0 Å². The molecular formula is C22H25N3O5. The Hall–Kier alpha value is -3.55. The third-order valence-corrected chi connectivity index (χ3v) is 4.64. The molecule has 158 valence electrons. The minimum atomic E-state index is -0.567. The molecule has 1 amide bonds. The zero-order valence-corrected chi connectivity index (χ0v) is 17.7. The lowest BCUT2D eigenvalue weighted by Gasteiger charge is -2.09. The van der Waals surface area contributed by atoms with Gasteiger partial charge in [0.2, 0.25) is 5.88 Å². The van der Waals surface area contributed by atoms with E-state index < -0.39 is 5.91 Å². The second kappa shape index (κ2) is 8.86. The van der Waals surface area contributed by atoms with Gasteiger partial charge < -0.3 is 23.9 Å². The van der Waals surface area contributed by atoms with Gasteiger partial charge in [0.1, 0.15) is 5.75 Å². The van der Waals surface area contributed by atoms with E-state index in [-0.39, 0.29) is 11.6 Å². The van der Waals surface area contributed by atoms with Crippen LogP contribution in [0.5, 0.6) is 23.1 Å². The van der Waals surface area contributed by atoms with E-state index in [1.807, 2.05) is 12.1 Å². The van der Waals surface area contributed by atoms with E-state index in [0.29, 0.717) is 40.7 Å². The molecule has 0 aliphatic carbocycles. The van der Waals surface area contributed by atoms with E-state index in [9.17, 15) is 9.90 Å². The lowest BCUT2D eigenvalue weighted by Crippen LogP contribution is -2.03. The summed E-state index contributed by atoms with van der Waals surface area (Å²) in [7, 11) is 4.57. The van der Waals surface area contributed by atoms with Crippen LogP contribution in [-0.2, 0) is 6.54 Å². The molecule has 8 nitrogen and oxygen atoms in total. The lowest BCUT2D eigenvalue weighted by atomic mass is 10.2. The molecular weight excluding hydrogens is 386 g/mol. The Morgan fingerprint density at radius 3 is 2.40 bits per heavy atom. The number of aromatic hydroxyl groups is 1. The minimum Gasteiger partial charge on any atom is -0.497 e. The van der Waals surface area contributed by atoms with Crippen LogP contribution in [-0.4, -0.2) is 36.9 Å². The summed E-state index contributed by atoms with van der Waals surface area (Å²) in [5, 5.41) is 19.3. The number of carbonyl (C=O) groups is 1. The minimum absolute atomic E-state index is 0.0455. The predicted molar refractivity (Wildman–Crippen MR) is 113 cm³/mol. The number of amides is 1. The lowest BCUT2D eigenvalue weighted by molar-refractivity contribution is 0.0994. The average Bonchev–Trinajstić information content (AvgIpc) is 3.01. The maximum absolute atomic E-state index is 12.6. The number of ether oxygens (including phenoxy) is 3. The highest BCUT2D eigenvalue weighted by atomic mass is 16.5. The van der Waals surface area contributed by atoms with E-state index in [4.69, 9.17) is 14.2 Å². The van der Waals surface area contributed by atoms with Gasteiger partial charge in [0, 0.05) is 17.5 Å². The molecule has 0 unspecified atom stereocenters. The van der Waals surface area contributed by atoms with Gasteiger partial charge in [-0.2, -0.15) is 0 Å². The largest absolute Gasteiger partial charge is 0.497 e. The maximum Gasteiger partial charge on any atom is 0.295 e. The van der Waals surface area contributed by atoms with Crippen LogP contribution in [0.3, 0.4) is 0 Å². The van der Waals surface area contributed by atoms with Gasteiger partial charge in [0.05, 0.1) is 26.8 Å². The summed E-state index contributed by atoms with van der Waals surface area (Å²) < 4.78 is 17.5. The Bertz CT molecular complexity index is 1100. The molecule has 2 aromatic carbocycles. The Morgan fingerprint density at radius 1 is 1.03 bits per heavy atom. The molecule has 0 fully saturated rings. The van der Waals surface area contributed by atoms with Gasteiger partial charge in [-0.1, -0.05) is 13.8 Å². The van der Waals surface area contributed by atoms with Crippen molar-refractivity contribution < 1.29 is 24.1 Å². The Morgan fingerprint density at radius 2 is 1.77 bits per heavy atom. The van der Waals surface area contributed by atoms with Gasteiger partial charge in [0.25, 0.3) is 5.91 Å². The van der Waals surface area contributed by atoms with Gasteiger partial charge in [-0.15, -0.1) is 10.2 Å². The van der Waals surface area contributed by atoms with Gasteiger partial charge >= 0.3 is 0 Å². The van der Waals surface area contributed by atoms with Crippen LogP contribution in [0.4, 0.5) is 5.69 Å². The topological polar surface area (TPSA) is 94.6 Å². The van der Waals surface area contributed by atoms with Crippen LogP contribution in [0.15, 0.2) is 46.6 Å². The summed E-state index contributed by atoms with van der Waals surface area (Å²) in [5.41, 5.74) is 1.30. The second-order valence-corrected chi connectivity index (χ2v) is 7.13. The molecule has 0 spiro atoms. The summed E-state index contributed by atoms with van der Waals surface area (Å²) in [4.78, 5) is 12.6. The fourth-order valence-electron chi connectivity index (χ4n) is 3.20. The Labute approximate surface area is 174 Å². The predicted octanol–water partition coefficient (Wildman–Crippen LogP) is 4.95. The van der Waals surface area contributed by atoms with Crippen molar-refractivity contribution in [2.24, 2.45) is 16.1 Å². The summed E-state index contributed by atoms with van der Waals surface area (Å²) in [6.07, 6.45) is 0. The molecule has 0 saturated heterocycles. The number of carbonyl (C=O) groups excluding carboxylic acids is 1. The fraction of sp³-hybridized carbons (Fsp3) is 0.318. The smallest absolute Gasteiger partial charge is 0.295 e. The first-order valence-electron chi connectivity index (χ1n) is 9.46. The molecule has 0 saturated carbocycles. The third kappa shape index (κ3) is 4.07. The van der Waals surface area contributed by atoms with E-state index in [1.54, 1.807) is 29.9 Å². The first-order valence-corrected chi connectivity index (χ1v) is 9.46. The first-order chi connectivity index (χ1) is 14.4. The van der Waals surface area contributed by atoms with E-state index in [0.717, 1.165) is 5.52 Å². The summed E-state index contributed by atoms with van der Waals surface area (Å²) in [5.74, 6) is 1.23. The molecule has 0 bridgehead atoms. The normalized spacial score (nSPS) is 11.4. The molecule has 0 aliphatic heterocycles. The highest BCUT2D eigenvalue weighted by molar-refractivity contribution is 5.98. The van der Waals surface area contributed by atoms with E-state index in [1.165, 1.54) is 20.3 Å². The average molecular weight is 411 g/mol. The van der Waals surface area contributed by atoms with Crippen molar-refractivity contribution in [3.8, 4) is 23.1 Å². The molecule has 3 aromatic rings. The molecule has 1 N–H and O–H groups in total. The van der Waals surface area contributed by atoms with Crippen LogP contribution >= 0.6 is 0 Å². The van der Waals surface area contributed by atoms with Gasteiger partial charge in [-0.05, 0) is 42.3 Å². The fourth-order valence-corrected chi connectivity index (χ4v) is 3.20. The van der Waals surface area contributed by atoms with Crippen LogP contribution in [0.1, 0.15) is 24.2 Å². The molecule has 1 aromatic heterocycles. The number of rotatable bonds is 7. The monoisotopic (exact) mass is 411 g/mol. The molecule has 1 heterocycles. The summed E-state index contributed by atoms with van der Waals surface area (Å²) in [6, 6.07) is 10.2. The summed E-state index contributed by atoms with van der Waals surface area (Å²) >= 11 is 0. The molecule has 3 rings (SSSR count). The zero-order chi connectivity index (χ0) is 21.8. The van der Waals surface area contributed by atoms with Crippen LogP contribution in [0, 0.1) is 5.92 Å². The van der Waals surface area contributed by atoms with Gasteiger partial charge in [0.15, 0.2) is 17.2 Å². The van der Waals surface area contributed by atoms with Crippen LogP contribution < -0.4 is 14.2 Å². The quantitative estimate of drug-likeness (QED) is 0.555. The standard InChI is InChI=1S/C22H25N3O5/c1-13(2)12-25-17-8-7-15(28-3)11-16(17)20(22(25)27)23-24-21(26)14-6-9-18(29-4)19(10-14)30-5/h6-11,13,27H,12H2,1-5H3. The number of azo groups is 1. The number of benzene rings is 2. The number of fused-ring (bicyclic) bond motifs is 1. The van der Waals surface area contributed by atoms with Crippen molar-refractivity contribution in [3.63, 3.8) is 0 Å². The number of hydrogen-bond acceptors (Lipinski definition) is 6. The van der Waals surface area contributed by atoms with Gasteiger partial charge in [-0.3, -0.25) is 4.79 Å². The van der Waals surface area contributed by atoms with Crippen LogP contribution in [0.2, 0.25) is 0 Å². The SMILES string of the molecule is COc1ccc2c(c1)c(N=NC(=O)c1ccc(OC)c(OC)c1)c(O)n2CC(C)C. The first kappa shape index (κ1) is 21.2. The Kier molecular flexibility index (Phi) is 6.25. The highest BCUT2D eigenvalue weighted by Gasteiger charge is 2.19. The van der Waals surface area contributed by atoms with E-state index >= 15 is 0 Å². The molecule has 0 atom stereocenters. The maximum atomic E-state index is 12.6. The molecule has 0 radical (unpaired) electrons. The second-order valence-electron chi connectivity index (χ2n) is 7.13. The molecule has 30 heavy (non-hydrogen) atoms. The van der Waals surface area contributed by atoms with Crippen molar-refractivity contribution in [2.45, 2.75) is 20.4 Å². The van der Waals surface area contributed by atoms with Crippen molar-refractivity contribution in [1.82, 2.24) is 4.57 Å². The molecule has 0 aliphatic rings. The van der Waals surface area contributed by atoms with E-state index in [2.05, 4.69) is 24.1 Å². The van der Waals surface area contributed by atoms with Crippen molar-refractivity contribution >= 4 is 22.5 Å². The number of aromatic nitrogens is 1. The Balaban J connectivity index is 2.03. The van der Waals surface area contributed by atoms with Gasteiger partial charge in [-0.25, -0.2) is 0 Å². The number of nitrogens with zero attached hydrogens (tertiary/aromatic N) is 3. The van der Waals surface area contributed by atoms with Crippen molar-refractivity contribution in [2.75, 3.05) is 21.3 Å². The third-order valence-electron chi connectivity index (χ3n) is 4.64. The highest BCUT2D eigenvalue weighted by Crippen LogP contribution is 2.41. The van der Waals surface area contributed by atoms with Crippen molar-refractivity contribution in [3.05, 3.63) is 42.0 Å². The zero-order valence-electron chi connectivity index (χ0n) is 17.7. The molecule has 8 heteroatoms. The van der Waals surface area contributed by atoms with Crippen LogP contribution in [0.25, 0.3) is 10.9 Å². The summed E-state index contributed by atoms with van der Waals surface area (Å²) in [6.45, 7) is 4.70. The number of hydrogen-bond donors (Lipinski definition) is 1. The number of methoxy groups -OCH3 is 3.